The number of aryl methyl sites for hydroxylation is 1. The molecule has 3 rings (SSSR count). The van der Waals surface area contributed by atoms with Gasteiger partial charge in [0.25, 0.3) is 0 Å². The van der Waals surface area contributed by atoms with Gasteiger partial charge in [0.1, 0.15) is 5.82 Å². The van der Waals surface area contributed by atoms with Crippen molar-refractivity contribution in [2.24, 2.45) is 0 Å². The first-order chi connectivity index (χ1) is 8.33. The maximum absolute atomic E-state index is 4.61. The summed E-state index contributed by atoms with van der Waals surface area (Å²) in [7, 11) is 0. The summed E-state index contributed by atoms with van der Waals surface area (Å²) in [6.45, 7) is 3.81. The van der Waals surface area contributed by atoms with Crippen molar-refractivity contribution in [1.82, 2.24) is 20.3 Å². The van der Waals surface area contributed by atoms with Gasteiger partial charge in [-0.3, -0.25) is 4.98 Å². The van der Waals surface area contributed by atoms with Gasteiger partial charge in [-0.25, -0.2) is 9.97 Å². The Kier molecular flexibility index (Phi) is 2.57. The molecule has 0 radical (unpaired) electrons. The first kappa shape index (κ1) is 10.4. The van der Waals surface area contributed by atoms with E-state index >= 15 is 0 Å². The maximum atomic E-state index is 4.61. The largest absolute Gasteiger partial charge is 0.307 e. The molecule has 2 aromatic rings. The van der Waals surface area contributed by atoms with Gasteiger partial charge in [0.05, 0.1) is 5.69 Å². The van der Waals surface area contributed by atoms with Crippen LogP contribution in [0.2, 0.25) is 0 Å². The zero-order valence-corrected chi connectivity index (χ0v) is 9.77. The predicted molar refractivity (Wildman–Crippen MR) is 64.4 cm³/mol. The summed E-state index contributed by atoms with van der Waals surface area (Å²) in [5.74, 6) is 0.887. The highest BCUT2D eigenvalue weighted by atomic mass is 15.0. The molecule has 1 N–H and O–H groups in total. The summed E-state index contributed by atoms with van der Waals surface area (Å²) in [6, 6.07) is 3.99. The van der Waals surface area contributed by atoms with E-state index in [4.69, 9.17) is 0 Å². The lowest BCUT2D eigenvalue weighted by Crippen LogP contribution is -2.04. The van der Waals surface area contributed by atoms with Crippen LogP contribution in [0.1, 0.15) is 28.3 Å². The monoisotopic (exact) mass is 226 g/mol. The first-order valence-corrected chi connectivity index (χ1v) is 5.78. The fourth-order valence-corrected chi connectivity index (χ4v) is 2.16. The molecular formula is C13H14N4. The van der Waals surface area contributed by atoms with Gasteiger partial charge in [-0.2, -0.15) is 0 Å². The van der Waals surface area contributed by atoms with Gasteiger partial charge in [-0.05, 0) is 18.6 Å². The van der Waals surface area contributed by atoms with Crippen molar-refractivity contribution >= 4 is 0 Å². The normalized spacial score (nSPS) is 13.7. The Morgan fingerprint density at radius 3 is 3.06 bits per heavy atom. The van der Waals surface area contributed by atoms with Crippen LogP contribution in [-0.2, 0) is 19.5 Å². The molecule has 0 unspecified atom stereocenters. The molecule has 0 aromatic carbocycles. The van der Waals surface area contributed by atoms with Gasteiger partial charge in [0.15, 0.2) is 0 Å². The van der Waals surface area contributed by atoms with Crippen molar-refractivity contribution < 1.29 is 0 Å². The van der Waals surface area contributed by atoms with Gasteiger partial charge in [-0.1, -0.05) is 6.07 Å². The number of rotatable bonds is 2. The highest BCUT2D eigenvalue weighted by Gasteiger charge is 2.16. The van der Waals surface area contributed by atoms with Crippen LogP contribution in [0.3, 0.4) is 0 Å². The third kappa shape index (κ3) is 2.03. The van der Waals surface area contributed by atoms with E-state index in [0.717, 1.165) is 42.3 Å². The second-order valence-corrected chi connectivity index (χ2v) is 4.29. The lowest BCUT2D eigenvalue weighted by Gasteiger charge is -2.06. The van der Waals surface area contributed by atoms with Crippen LogP contribution in [0, 0.1) is 6.92 Å². The second-order valence-electron chi connectivity index (χ2n) is 4.29. The SMILES string of the molecule is Cc1nc(Cc2cccnc2)nc2c1CNC2. The molecule has 0 saturated carbocycles. The standard InChI is InChI=1S/C13H14N4/c1-9-11-7-15-8-12(11)17-13(16-9)5-10-3-2-4-14-6-10/h2-4,6,15H,5,7-8H2,1H3. The Labute approximate surface area is 100 Å². The first-order valence-electron chi connectivity index (χ1n) is 5.78. The van der Waals surface area contributed by atoms with E-state index in [1.165, 1.54) is 5.56 Å². The summed E-state index contributed by atoms with van der Waals surface area (Å²) in [5, 5.41) is 3.30. The lowest BCUT2D eigenvalue weighted by atomic mass is 10.1. The molecule has 0 aliphatic carbocycles. The molecule has 0 bridgehead atoms. The highest BCUT2D eigenvalue weighted by Crippen LogP contribution is 2.17. The van der Waals surface area contributed by atoms with Crippen molar-refractivity contribution in [2.45, 2.75) is 26.4 Å². The quantitative estimate of drug-likeness (QED) is 0.840. The molecule has 2 aromatic heterocycles. The van der Waals surface area contributed by atoms with Crippen LogP contribution >= 0.6 is 0 Å². The molecule has 17 heavy (non-hydrogen) atoms. The molecule has 0 saturated heterocycles. The van der Waals surface area contributed by atoms with Gasteiger partial charge in [0.2, 0.25) is 0 Å². The van der Waals surface area contributed by atoms with Crippen LogP contribution in [-0.4, -0.2) is 15.0 Å². The van der Waals surface area contributed by atoms with Crippen LogP contribution in [0.4, 0.5) is 0 Å². The van der Waals surface area contributed by atoms with E-state index in [1.54, 1.807) is 6.20 Å². The smallest absolute Gasteiger partial charge is 0.133 e. The van der Waals surface area contributed by atoms with Crippen LogP contribution in [0.15, 0.2) is 24.5 Å². The topological polar surface area (TPSA) is 50.7 Å². The molecule has 1 aliphatic rings. The van der Waals surface area contributed by atoms with Crippen LogP contribution in [0.25, 0.3) is 0 Å². The molecule has 3 heterocycles. The lowest BCUT2D eigenvalue weighted by molar-refractivity contribution is 0.755. The fourth-order valence-electron chi connectivity index (χ4n) is 2.16. The molecule has 1 aliphatic heterocycles. The molecule has 0 amide bonds. The maximum Gasteiger partial charge on any atom is 0.133 e. The molecule has 86 valence electrons. The number of nitrogens with one attached hydrogen (secondary N) is 1. The summed E-state index contributed by atoms with van der Waals surface area (Å²) in [5.41, 5.74) is 4.66. The van der Waals surface area contributed by atoms with Crippen molar-refractivity contribution in [3.8, 4) is 0 Å². The van der Waals surface area contributed by atoms with Crippen molar-refractivity contribution in [3.63, 3.8) is 0 Å². The summed E-state index contributed by atoms with van der Waals surface area (Å²) in [6.07, 6.45) is 4.40. The fraction of sp³-hybridized carbons (Fsp3) is 0.308. The van der Waals surface area contributed by atoms with E-state index in [9.17, 15) is 0 Å². The number of pyridine rings is 1. The third-order valence-electron chi connectivity index (χ3n) is 3.03. The summed E-state index contributed by atoms with van der Waals surface area (Å²) < 4.78 is 0. The summed E-state index contributed by atoms with van der Waals surface area (Å²) in [4.78, 5) is 13.3. The van der Waals surface area contributed by atoms with Crippen molar-refractivity contribution in [3.05, 3.63) is 52.9 Å². The molecule has 0 spiro atoms. The minimum Gasteiger partial charge on any atom is -0.307 e. The molecule has 4 heteroatoms. The Morgan fingerprint density at radius 1 is 1.29 bits per heavy atom. The Morgan fingerprint density at radius 2 is 2.24 bits per heavy atom. The Bertz CT molecular complexity index is 537. The average molecular weight is 226 g/mol. The second kappa shape index (κ2) is 4.22. The van der Waals surface area contributed by atoms with E-state index in [0.29, 0.717) is 0 Å². The highest BCUT2D eigenvalue weighted by molar-refractivity contribution is 5.29. The average Bonchev–Trinajstić information content (AvgIpc) is 2.79. The number of hydrogen-bond donors (Lipinski definition) is 1. The Hall–Kier alpha value is -1.81. The van der Waals surface area contributed by atoms with Crippen LogP contribution in [0.5, 0.6) is 0 Å². The van der Waals surface area contributed by atoms with E-state index in [2.05, 4.69) is 33.3 Å². The van der Waals surface area contributed by atoms with Gasteiger partial charge >= 0.3 is 0 Å². The molecule has 0 atom stereocenters. The zero-order valence-electron chi connectivity index (χ0n) is 9.77. The minimum absolute atomic E-state index is 0.752. The van der Waals surface area contributed by atoms with Gasteiger partial charge in [-0.15, -0.1) is 0 Å². The van der Waals surface area contributed by atoms with E-state index in [1.807, 2.05) is 12.3 Å². The number of fused-ring (bicyclic) bond motifs is 1. The third-order valence-corrected chi connectivity index (χ3v) is 3.03. The van der Waals surface area contributed by atoms with E-state index in [-0.39, 0.29) is 0 Å². The molecular weight excluding hydrogens is 212 g/mol. The Balaban J connectivity index is 1.92. The number of nitrogens with zero attached hydrogens (tertiary/aromatic N) is 3. The van der Waals surface area contributed by atoms with Crippen molar-refractivity contribution in [1.29, 1.82) is 0 Å². The molecule has 4 nitrogen and oxygen atoms in total. The van der Waals surface area contributed by atoms with Gasteiger partial charge in [0, 0.05) is 43.2 Å². The van der Waals surface area contributed by atoms with Crippen molar-refractivity contribution in [2.75, 3.05) is 0 Å². The zero-order chi connectivity index (χ0) is 11.7. The number of aromatic nitrogens is 3. The molecule has 0 fully saturated rings. The number of hydrogen-bond acceptors (Lipinski definition) is 4. The van der Waals surface area contributed by atoms with Crippen LogP contribution < -0.4 is 5.32 Å². The minimum atomic E-state index is 0.752. The van der Waals surface area contributed by atoms with Gasteiger partial charge < -0.3 is 5.32 Å². The predicted octanol–water partition coefficient (Wildman–Crippen LogP) is 1.37. The van der Waals surface area contributed by atoms with E-state index < -0.39 is 0 Å². The summed E-state index contributed by atoms with van der Waals surface area (Å²) >= 11 is 0.